The van der Waals surface area contributed by atoms with Gasteiger partial charge in [0.25, 0.3) is 0 Å². The SMILES string of the molecule is O=C(OC1CCCCC1O)c1cc(C(=O)OC2CCCCC2O)oc(=O)c1. The first-order valence-corrected chi connectivity index (χ1v) is 9.37. The first-order valence-electron chi connectivity index (χ1n) is 9.37. The Morgan fingerprint density at radius 1 is 0.852 bits per heavy atom. The van der Waals surface area contributed by atoms with Crippen LogP contribution in [-0.4, -0.2) is 46.6 Å². The van der Waals surface area contributed by atoms with Gasteiger partial charge < -0.3 is 24.1 Å². The van der Waals surface area contributed by atoms with Crippen molar-refractivity contribution in [1.82, 2.24) is 0 Å². The lowest BCUT2D eigenvalue weighted by Crippen LogP contribution is -2.35. The first kappa shape index (κ1) is 19.6. The Morgan fingerprint density at radius 3 is 1.93 bits per heavy atom. The lowest BCUT2D eigenvalue weighted by Gasteiger charge is -2.27. The van der Waals surface area contributed by atoms with Crippen molar-refractivity contribution in [3.63, 3.8) is 0 Å². The summed E-state index contributed by atoms with van der Waals surface area (Å²) in [5, 5.41) is 19.8. The van der Waals surface area contributed by atoms with Gasteiger partial charge in [0.15, 0.2) is 0 Å². The average molecular weight is 380 g/mol. The maximum absolute atomic E-state index is 12.3. The molecule has 2 aliphatic carbocycles. The van der Waals surface area contributed by atoms with E-state index in [0.29, 0.717) is 25.7 Å². The maximum atomic E-state index is 12.3. The molecule has 0 aliphatic heterocycles. The van der Waals surface area contributed by atoms with E-state index in [-0.39, 0.29) is 5.56 Å². The van der Waals surface area contributed by atoms with Gasteiger partial charge in [0.1, 0.15) is 12.2 Å². The normalized spacial score (nSPS) is 28.4. The Balaban J connectivity index is 1.70. The number of hydrogen-bond donors (Lipinski definition) is 2. The summed E-state index contributed by atoms with van der Waals surface area (Å²) in [6, 6.07) is 2.03. The molecule has 27 heavy (non-hydrogen) atoms. The van der Waals surface area contributed by atoms with Gasteiger partial charge in [-0.25, -0.2) is 14.4 Å². The molecule has 1 aromatic rings. The van der Waals surface area contributed by atoms with Crippen molar-refractivity contribution >= 4 is 11.9 Å². The first-order chi connectivity index (χ1) is 12.9. The predicted octanol–water partition coefficient (Wildman–Crippen LogP) is 1.56. The molecule has 1 aromatic heterocycles. The molecular formula is C19H24O8. The molecule has 2 saturated carbocycles. The van der Waals surface area contributed by atoms with Gasteiger partial charge in [0, 0.05) is 12.1 Å². The van der Waals surface area contributed by atoms with Gasteiger partial charge in [0.2, 0.25) is 5.76 Å². The molecule has 0 spiro atoms. The minimum Gasteiger partial charge on any atom is -0.456 e. The highest BCUT2D eigenvalue weighted by Crippen LogP contribution is 2.23. The number of rotatable bonds is 4. The van der Waals surface area contributed by atoms with Gasteiger partial charge in [-0.05, 0) is 38.5 Å². The van der Waals surface area contributed by atoms with Crippen LogP contribution >= 0.6 is 0 Å². The van der Waals surface area contributed by atoms with Crippen molar-refractivity contribution in [3.8, 4) is 0 Å². The summed E-state index contributed by atoms with van der Waals surface area (Å²) in [6.07, 6.45) is 2.77. The molecule has 8 heteroatoms. The Morgan fingerprint density at radius 2 is 1.37 bits per heavy atom. The van der Waals surface area contributed by atoms with Crippen molar-refractivity contribution < 1.29 is 33.7 Å². The van der Waals surface area contributed by atoms with Crippen LogP contribution in [0.5, 0.6) is 0 Å². The lowest BCUT2D eigenvalue weighted by molar-refractivity contribution is -0.0384. The molecule has 8 nitrogen and oxygen atoms in total. The second-order valence-corrected chi connectivity index (χ2v) is 7.12. The second-order valence-electron chi connectivity index (χ2n) is 7.12. The van der Waals surface area contributed by atoms with Crippen molar-refractivity contribution in [3.05, 3.63) is 33.9 Å². The van der Waals surface area contributed by atoms with E-state index >= 15 is 0 Å². The van der Waals surface area contributed by atoms with Crippen LogP contribution in [0, 0.1) is 0 Å². The highest BCUT2D eigenvalue weighted by atomic mass is 16.6. The molecule has 1 heterocycles. The Bertz CT molecular complexity index is 682. The van der Waals surface area contributed by atoms with Crippen molar-refractivity contribution in [2.75, 3.05) is 0 Å². The molecule has 2 fully saturated rings. The van der Waals surface area contributed by atoms with Crippen LogP contribution in [0.3, 0.4) is 0 Å². The number of esters is 2. The Hall–Kier alpha value is -2.19. The van der Waals surface area contributed by atoms with E-state index in [1.165, 1.54) is 0 Å². The van der Waals surface area contributed by atoms with E-state index in [2.05, 4.69) is 0 Å². The Kier molecular flexibility index (Phi) is 6.28. The molecule has 0 radical (unpaired) electrons. The van der Waals surface area contributed by atoms with Gasteiger partial charge in [-0.15, -0.1) is 0 Å². The number of hydrogen-bond acceptors (Lipinski definition) is 8. The van der Waals surface area contributed by atoms with E-state index in [0.717, 1.165) is 37.8 Å². The summed E-state index contributed by atoms with van der Waals surface area (Å²) >= 11 is 0. The van der Waals surface area contributed by atoms with Crippen LogP contribution in [0.2, 0.25) is 0 Å². The minimum absolute atomic E-state index is 0.139. The monoisotopic (exact) mass is 380 g/mol. The average Bonchev–Trinajstić information content (AvgIpc) is 2.65. The summed E-state index contributed by atoms with van der Waals surface area (Å²) in [5.41, 5.74) is -1.02. The van der Waals surface area contributed by atoms with Crippen LogP contribution in [0.4, 0.5) is 0 Å². The van der Waals surface area contributed by atoms with Crippen LogP contribution in [0.1, 0.15) is 72.3 Å². The van der Waals surface area contributed by atoms with E-state index in [1.54, 1.807) is 0 Å². The van der Waals surface area contributed by atoms with Crippen LogP contribution in [0.15, 0.2) is 21.3 Å². The molecule has 0 amide bonds. The molecule has 0 bridgehead atoms. The van der Waals surface area contributed by atoms with Gasteiger partial charge in [-0.2, -0.15) is 0 Å². The highest BCUT2D eigenvalue weighted by molar-refractivity contribution is 5.93. The van der Waals surface area contributed by atoms with Crippen molar-refractivity contribution in [2.45, 2.75) is 75.8 Å². The summed E-state index contributed by atoms with van der Waals surface area (Å²) in [7, 11) is 0. The third kappa shape index (κ3) is 4.95. The number of carbonyl (C=O) groups is 2. The van der Waals surface area contributed by atoms with E-state index < -0.39 is 47.7 Å². The molecule has 2 N–H and O–H groups in total. The topological polar surface area (TPSA) is 123 Å². The van der Waals surface area contributed by atoms with Crippen LogP contribution < -0.4 is 5.63 Å². The zero-order chi connectivity index (χ0) is 19.4. The smallest absolute Gasteiger partial charge is 0.374 e. The van der Waals surface area contributed by atoms with Crippen LogP contribution in [-0.2, 0) is 9.47 Å². The summed E-state index contributed by atoms with van der Waals surface area (Å²) in [4.78, 5) is 36.3. The standard InChI is InChI=1S/C19H24O8/c20-12-5-1-3-7-14(12)26-18(23)11-9-16(25-17(22)10-11)19(24)27-15-8-4-2-6-13(15)21/h9-10,12-15,20-21H,1-8H2. The van der Waals surface area contributed by atoms with Crippen molar-refractivity contribution in [1.29, 1.82) is 0 Å². The van der Waals surface area contributed by atoms with Crippen molar-refractivity contribution in [2.24, 2.45) is 0 Å². The molecular weight excluding hydrogens is 356 g/mol. The molecule has 2 aliphatic rings. The van der Waals surface area contributed by atoms with E-state index in [4.69, 9.17) is 13.9 Å². The molecule has 0 saturated heterocycles. The fraction of sp³-hybridized carbons (Fsp3) is 0.632. The number of aliphatic hydroxyl groups is 2. The van der Waals surface area contributed by atoms with Gasteiger partial charge in [-0.3, -0.25) is 0 Å². The lowest BCUT2D eigenvalue weighted by atomic mass is 9.95. The second kappa shape index (κ2) is 8.67. The fourth-order valence-corrected chi connectivity index (χ4v) is 3.53. The molecule has 3 rings (SSSR count). The third-order valence-electron chi connectivity index (χ3n) is 5.06. The number of carbonyl (C=O) groups excluding carboxylic acids is 2. The zero-order valence-corrected chi connectivity index (χ0v) is 15.0. The van der Waals surface area contributed by atoms with E-state index in [9.17, 15) is 24.6 Å². The number of ether oxygens (including phenoxy) is 2. The third-order valence-corrected chi connectivity index (χ3v) is 5.06. The molecule has 4 atom stereocenters. The van der Waals surface area contributed by atoms with Crippen LogP contribution in [0.25, 0.3) is 0 Å². The predicted molar refractivity (Wildman–Crippen MR) is 92.3 cm³/mol. The Labute approximate surface area is 156 Å². The highest BCUT2D eigenvalue weighted by Gasteiger charge is 2.30. The van der Waals surface area contributed by atoms with Gasteiger partial charge >= 0.3 is 17.6 Å². The largest absolute Gasteiger partial charge is 0.456 e. The summed E-state index contributed by atoms with van der Waals surface area (Å²) < 4.78 is 15.4. The maximum Gasteiger partial charge on any atom is 0.374 e. The fourth-order valence-electron chi connectivity index (χ4n) is 3.53. The van der Waals surface area contributed by atoms with Gasteiger partial charge in [-0.1, -0.05) is 12.8 Å². The quantitative estimate of drug-likeness (QED) is 0.755. The summed E-state index contributed by atoms with van der Waals surface area (Å²) in [5.74, 6) is -2.14. The van der Waals surface area contributed by atoms with Gasteiger partial charge in [0.05, 0.1) is 17.8 Å². The summed E-state index contributed by atoms with van der Waals surface area (Å²) in [6.45, 7) is 0. The van der Waals surface area contributed by atoms with E-state index in [1.807, 2.05) is 0 Å². The molecule has 4 unspecified atom stereocenters. The molecule has 148 valence electrons. The molecule has 0 aromatic carbocycles. The number of aliphatic hydroxyl groups excluding tert-OH is 2. The zero-order valence-electron chi connectivity index (χ0n) is 15.0. The minimum atomic E-state index is -0.912.